The van der Waals surface area contributed by atoms with Crippen molar-refractivity contribution >= 4 is 0 Å². The molecule has 178 valence electrons. The van der Waals surface area contributed by atoms with Gasteiger partial charge in [-0.25, -0.2) is 8.78 Å². The molecule has 0 saturated heterocycles. The molecule has 0 fully saturated rings. The summed E-state index contributed by atoms with van der Waals surface area (Å²) in [6, 6.07) is 12.6. The zero-order valence-electron chi connectivity index (χ0n) is 18.5. The number of aliphatic hydroxyl groups is 2. The SMILES string of the molecule is OCc1cc([C@@H](O)CNCCCCCCOCCCC(F)(F)c2ccccc2)ccc1O. The number of halogens is 2. The van der Waals surface area contributed by atoms with Gasteiger partial charge in [0.1, 0.15) is 5.75 Å². The minimum absolute atomic E-state index is 0.0190. The number of ether oxygens (including phenoxy) is 1. The molecule has 0 aliphatic rings. The summed E-state index contributed by atoms with van der Waals surface area (Å²) >= 11 is 0. The summed E-state index contributed by atoms with van der Waals surface area (Å²) in [7, 11) is 0. The third-order valence-corrected chi connectivity index (χ3v) is 5.36. The Morgan fingerprint density at radius 1 is 0.938 bits per heavy atom. The number of alkyl halides is 2. The van der Waals surface area contributed by atoms with E-state index < -0.39 is 12.0 Å². The number of hydrogen-bond donors (Lipinski definition) is 4. The normalized spacial score (nSPS) is 12.8. The lowest BCUT2D eigenvalue weighted by Gasteiger charge is -2.16. The van der Waals surface area contributed by atoms with Crippen LogP contribution in [-0.2, 0) is 17.3 Å². The van der Waals surface area contributed by atoms with Gasteiger partial charge in [0.05, 0.1) is 12.7 Å². The Labute approximate surface area is 189 Å². The van der Waals surface area contributed by atoms with Crippen LogP contribution in [0.4, 0.5) is 8.78 Å². The third-order valence-electron chi connectivity index (χ3n) is 5.36. The molecule has 5 nitrogen and oxygen atoms in total. The van der Waals surface area contributed by atoms with E-state index in [0.717, 1.165) is 32.2 Å². The van der Waals surface area contributed by atoms with Crippen LogP contribution in [0.15, 0.2) is 48.5 Å². The standard InChI is InChI=1S/C25H35F2NO4/c26-25(27,22-9-4-3-5-10-22)13-8-16-32-15-7-2-1-6-14-28-18-24(31)20-11-12-23(30)21(17-20)19-29/h3-5,9-12,17,24,28-31H,1-2,6-8,13-16,18-19H2/t24-/m0/s1. The monoisotopic (exact) mass is 451 g/mol. The fourth-order valence-electron chi connectivity index (χ4n) is 3.43. The van der Waals surface area contributed by atoms with E-state index in [2.05, 4.69) is 5.32 Å². The maximum absolute atomic E-state index is 14.0. The molecule has 0 aliphatic carbocycles. The summed E-state index contributed by atoms with van der Waals surface area (Å²) in [5, 5.41) is 32.2. The highest BCUT2D eigenvalue weighted by Gasteiger charge is 2.30. The van der Waals surface area contributed by atoms with Gasteiger partial charge in [0.25, 0.3) is 5.92 Å². The lowest BCUT2D eigenvalue weighted by molar-refractivity contribution is -0.0226. The van der Waals surface area contributed by atoms with Crippen LogP contribution in [0.25, 0.3) is 0 Å². The summed E-state index contributed by atoms with van der Waals surface area (Å²) in [5.74, 6) is -2.79. The first-order valence-electron chi connectivity index (χ1n) is 11.3. The van der Waals surface area contributed by atoms with E-state index in [1.54, 1.807) is 30.3 Å². The van der Waals surface area contributed by atoms with Crippen molar-refractivity contribution in [2.45, 2.75) is 57.2 Å². The number of phenols is 1. The summed E-state index contributed by atoms with van der Waals surface area (Å²) in [6.45, 7) is 1.82. The summed E-state index contributed by atoms with van der Waals surface area (Å²) in [5.41, 5.74) is 1.10. The van der Waals surface area contributed by atoms with E-state index in [1.165, 1.54) is 18.2 Å². The van der Waals surface area contributed by atoms with Crippen LogP contribution in [0.2, 0.25) is 0 Å². The molecule has 0 saturated carbocycles. The van der Waals surface area contributed by atoms with Crippen molar-refractivity contribution in [3.63, 3.8) is 0 Å². The van der Waals surface area contributed by atoms with Gasteiger partial charge in [-0.1, -0.05) is 49.2 Å². The lowest BCUT2D eigenvalue weighted by atomic mass is 10.0. The van der Waals surface area contributed by atoms with Gasteiger partial charge >= 0.3 is 0 Å². The largest absolute Gasteiger partial charge is 0.508 e. The second kappa shape index (κ2) is 14.2. The van der Waals surface area contributed by atoms with E-state index in [1.807, 2.05) is 0 Å². The molecule has 0 unspecified atom stereocenters. The number of benzene rings is 2. The molecule has 2 aromatic rings. The molecule has 0 aromatic heterocycles. The van der Waals surface area contributed by atoms with Crippen molar-refractivity contribution in [2.75, 3.05) is 26.3 Å². The lowest BCUT2D eigenvalue weighted by Crippen LogP contribution is -2.22. The molecule has 7 heteroatoms. The van der Waals surface area contributed by atoms with Gasteiger partial charge in [-0.15, -0.1) is 0 Å². The molecule has 0 heterocycles. The third kappa shape index (κ3) is 9.20. The van der Waals surface area contributed by atoms with Crippen molar-refractivity contribution < 1.29 is 28.8 Å². The maximum atomic E-state index is 14.0. The Hall–Kier alpha value is -2.06. The molecule has 0 amide bonds. The number of hydrogen-bond acceptors (Lipinski definition) is 5. The molecule has 1 atom stereocenters. The van der Waals surface area contributed by atoms with Crippen LogP contribution in [0.3, 0.4) is 0 Å². The first-order valence-corrected chi connectivity index (χ1v) is 11.3. The average Bonchev–Trinajstić information content (AvgIpc) is 2.80. The highest BCUT2D eigenvalue weighted by atomic mass is 19.3. The van der Waals surface area contributed by atoms with Crippen molar-refractivity contribution in [1.82, 2.24) is 5.32 Å². The van der Waals surface area contributed by atoms with Gasteiger partial charge in [0, 0.05) is 37.3 Å². The minimum atomic E-state index is -2.81. The first-order chi connectivity index (χ1) is 15.4. The van der Waals surface area contributed by atoms with Gasteiger partial charge in [-0.3, -0.25) is 0 Å². The van der Waals surface area contributed by atoms with E-state index in [9.17, 15) is 24.1 Å². The van der Waals surface area contributed by atoms with E-state index >= 15 is 0 Å². The highest BCUT2D eigenvalue weighted by molar-refractivity contribution is 5.36. The quantitative estimate of drug-likeness (QED) is 0.279. The molecular formula is C25H35F2NO4. The van der Waals surface area contributed by atoms with E-state index in [0.29, 0.717) is 37.3 Å². The molecule has 0 radical (unpaired) electrons. The molecule has 32 heavy (non-hydrogen) atoms. The van der Waals surface area contributed by atoms with Crippen molar-refractivity contribution in [2.24, 2.45) is 0 Å². The fraction of sp³-hybridized carbons (Fsp3) is 0.520. The van der Waals surface area contributed by atoms with Gasteiger partial charge < -0.3 is 25.4 Å². The molecule has 0 bridgehead atoms. The van der Waals surface area contributed by atoms with E-state index in [-0.39, 0.29) is 24.3 Å². The smallest absolute Gasteiger partial charge is 0.273 e. The summed E-state index contributed by atoms with van der Waals surface area (Å²) < 4.78 is 33.5. The Balaban J connectivity index is 1.44. The van der Waals surface area contributed by atoms with Crippen LogP contribution in [0.5, 0.6) is 5.75 Å². The van der Waals surface area contributed by atoms with E-state index in [4.69, 9.17) is 4.74 Å². The summed E-state index contributed by atoms with van der Waals surface area (Å²) in [6.07, 6.45) is 3.30. The second-order valence-electron chi connectivity index (χ2n) is 7.97. The Kier molecular flexibility index (Phi) is 11.6. The molecule has 0 aliphatic heterocycles. The number of rotatable bonds is 16. The Morgan fingerprint density at radius 2 is 1.66 bits per heavy atom. The zero-order valence-corrected chi connectivity index (χ0v) is 18.5. The molecular weight excluding hydrogens is 416 g/mol. The highest BCUT2D eigenvalue weighted by Crippen LogP contribution is 2.32. The van der Waals surface area contributed by atoms with Crippen molar-refractivity contribution in [3.8, 4) is 5.75 Å². The number of aromatic hydroxyl groups is 1. The summed E-state index contributed by atoms with van der Waals surface area (Å²) in [4.78, 5) is 0. The second-order valence-corrected chi connectivity index (χ2v) is 7.97. The van der Waals surface area contributed by atoms with Crippen molar-refractivity contribution in [3.05, 3.63) is 65.2 Å². The Bertz CT molecular complexity index is 774. The fourth-order valence-corrected chi connectivity index (χ4v) is 3.43. The van der Waals surface area contributed by atoms with Crippen LogP contribution >= 0.6 is 0 Å². The first kappa shape index (κ1) is 26.2. The zero-order chi connectivity index (χ0) is 23.2. The van der Waals surface area contributed by atoms with Gasteiger partial charge in [-0.05, 0) is 43.5 Å². The van der Waals surface area contributed by atoms with Crippen molar-refractivity contribution in [1.29, 1.82) is 0 Å². The number of unbranched alkanes of at least 4 members (excludes halogenated alkanes) is 3. The van der Waals surface area contributed by atoms with Crippen LogP contribution in [0, 0.1) is 0 Å². The molecule has 2 rings (SSSR count). The number of nitrogens with one attached hydrogen (secondary N) is 1. The molecule has 0 spiro atoms. The van der Waals surface area contributed by atoms with Crippen LogP contribution in [0.1, 0.15) is 61.3 Å². The van der Waals surface area contributed by atoms with Crippen LogP contribution < -0.4 is 5.32 Å². The average molecular weight is 452 g/mol. The van der Waals surface area contributed by atoms with Gasteiger partial charge in [0.15, 0.2) is 0 Å². The van der Waals surface area contributed by atoms with Gasteiger partial charge in [0.2, 0.25) is 0 Å². The van der Waals surface area contributed by atoms with Gasteiger partial charge in [-0.2, -0.15) is 0 Å². The molecule has 4 N–H and O–H groups in total. The number of aliphatic hydroxyl groups excluding tert-OH is 2. The minimum Gasteiger partial charge on any atom is -0.508 e. The van der Waals surface area contributed by atoms with Crippen LogP contribution in [-0.4, -0.2) is 41.6 Å². The molecule has 2 aromatic carbocycles. The Morgan fingerprint density at radius 3 is 2.41 bits per heavy atom. The predicted octanol–water partition coefficient (Wildman–Crippen LogP) is 4.66. The maximum Gasteiger partial charge on any atom is 0.273 e. The topological polar surface area (TPSA) is 82.0 Å². The predicted molar refractivity (Wildman–Crippen MR) is 121 cm³/mol.